The molecule has 448 valence electrons. The van der Waals surface area contributed by atoms with Crippen molar-refractivity contribution in [2.75, 3.05) is 58.9 Å². The molecule has 0 saturated heterocycles. The van der Waals surface area contributed by atoms with Gasteiger partial charge in [-0.2, -0.15) is 0 Å². The van der Waals surface area contributed by atoms with Crippen molar-refractivity contribution in [3.63, 3.8) is 0 Å². The molecule has 10 heteroatoms. The van der Waals surface area contributed by atoms with Gasteiger partial charge in [0.05, 0.1) is 11.1 Å². The van der Waals surface area contributed by atoms with Crippen LogP contribution in [0.3, 0.4) is 0 Å². The summed E-state index contributed by atoms with van der Waals surface area (Å²) in [5.74, 6) is 2.13. The average molecular weight is 1160 g/mol. The predicted octanol–water partition coefficient (Wildman–Crippen LogP) is 18.9. The Morgan fingerprint density at radius 1 is 0.391 bits per heavy atom. The van der Waals surface area contributed by atoms with Crippen LogP contribution >= 0.6 is 0 Å². The zero-order valence-corrected chi connectivity index (χ0v) is 52.6. The zero-order valence-electron chi connectivity index (χ0n) is 52.6. The third-order valence-corrected chi connectivity index (χ3v) is 18.9. The van der Waals surface area contributed by atoms with Gasteiger partial charge in [0.15, 0.2) is 11.2 Å². The number of ether oxygens (including phenoxy) is 4. The molecule has 10 nitrogen and oxygen atoms in total. The molecule has 4 aliphatic rings. The molecule has 2 spiro atoms. The number of fused-ring (bicyclic) bond motifs is 12. The predicted molar refractivity (Wildman–Crippen MR) is 353 cm³/mol. The van der Waals surface area contributed by atoms with Crippen molar-refractivity contribution >= 4 is 46.1 Å². The van der Waals surface area contributed by atoms with Crippen LogP contribution in [-0.4, -0.2) is 51.2 Å². The fourth-order valence-corrected chi connectivity index (χ4v) is 14.0. The van der Waals surface area contributed by atoms with Crippen LogP contribution in [-0.2, 0) is 26.1 Å². The van der Waals surface area contributed by atoms with E-state index in [0.717, 1.165) is 156 Å². The normalized spacial score (nSPS) is 16.6. The summed E-state index contributed by atoms with van der Waals surface area (Å²) < 4.78 is 27.3. The molecule has 4 aliphatic heterocycles. The maximum Gasteiger partial charge on any atom is 0.340 e. The molecule has 8 aromatic carbocycles. The van der Waals surface area contributed by atoms with Crippen LogP contribution in [0.2, 0.25) is 0 Å². The number of anilines is 6. The second kappa shape index (κ2) is 24.0. The van der Waals surface area contributed by atoms with Crippen LogP contribution in [0, 0.1) is 13.8 Å². The average Bonchev–Trinajstić information content (AvgIpc) is 1.68. The molecule has 0 bridgehead atoms. The minimum atomic E-state index is -1.19. The van der Waals surface area contributed by atoms with E-state index < -0.39 is 11.2 Å². The van der Waals surface area contributed by atoms with Gasteiger partial charge >= 0.3 is 11.9 Å². The zero-order chi connectivity index (χ0) is 60.8. The van der Waals surface area contributed by atoms with E-state index in [0.29, 0.717) is 47.2 Å². The summed E-state index contributed by atoms with van der Waals surface area (Å²) >= 11 is 0. The Bertz CT molecular complexity index is 3620. The molecule has 2 atom stereocenters. The molecule has 0 aliphatic carbocycles. The summed E-state index contributed by atoms with van der Waals surface area (Å²) in [5, 5.41) is 0. The van der Waals surface area contributed by atoms with E-state index in [2.05, 4.69) is 198 Å². The fraction of sp³-hybridized carbons (Fsp3) is 0.351. The first kappa shape index (κ1) is 58.9. The molecule has 87 heavy (non-hydrogen) atoms. The number of carbonyl (C=O) groups excluding carboxylic acids is 2. The monoisotopic (exact) mass is 1160 g/mol. The van der Waals surface area contributed by atoms with Crippen LogP contribution in [0.15, 0.2) is 158 Å². The van der Waals surface area contributed by atoms with Gasteiger partial charge in [-0.3, -0.25) is 0 Å². The number of esters is 2. The minimum absolute atomic E-state index is 0.336. The first-order chi connectivity index (χ1) is 42.2. The summed E-state index contributed by atoms with van der Waals surface area (Å²) in [5.41, 5.74) is 14.2. The maximum atomic E-state index is 14.0. The molecule has 0 N–H and O–H groups in total. The summed E-state index contributed by atoms with van der Waals surface area (Å²) in [4.78, 5) is 37.6. The van der Waals surface area contributed by atoms with Gasteiger partial charge in [0.1, 0.15) is 23.0 Å². The summed E-state index contributed by atoms with van der Waals surface area (Å²) in [6.45, 7) is 27.4. The van der Waals surface area contributed by atoms with Gasteiger partial charge in [0.25, 0.3) is 0 Å². The highest BCUT2D eigenvalue weighted by Crippen LogP contribution is 2.60. The van der Waals surface area contributed by atoms with Crippen molar-refractivity contribution in [3.05, 3.63) is 224 Å². The summed E-state index contributed by atoms with van der Waals surface area (Å²) in [6.07, 6.45) is 8.89. The second-order valence-electron chi connectivity index (χ2n) is 24.7. The highest BCUT2D eigenvalue weighted by atomic mass is 16.6. The van der Waals surface area contributed by atoms with Gasteiger partial charge in [-0.1, -0.05) is 128 Å². The molecular weight excluding hydrogens is 1080 g/mol. The van der Waals surface area contributed by atoms with Gasteiger partial charge < -0.3 is 38.5 Å². The van der Waals surface area contributed by atoms with Gasteiger partial charge in [0, 0.05) is 124 Å². The number of rotatable bonds is 22. The van der Waals surface area contributed by atoms with Crippen LogP contribution in [0.4, 0.5) is 34.1 Å². The number of hydrogen-bond acceptors (Lipinski definition) is 10. The number of hydrogen-bond donors (Lipinski definition) is 0. The number of benzene rings is 8. The Balaban J connectivity index is 0.835. The van der Waals surface area contributed by atoms with Crippen molar-refractivity contribution in [3.8, 4) is 23.0 Å². The van der Waals surface area contributed by atoms with Crippen molar-refractivity contribution in [2.24, 2.45) is 0 Å². The molecule has 12 rings (SSSR count). The first-order valence-electron chi connectivity index (χ1n) is 32.1. The Morgan fingerprint density at radius 2 is 0.736 bits per heavy atom. The van der Waals surface area contributed by atoms with Crippen LogP contribution in [0.25, 0.3) is 0 Å². The number of carbonyl (C=O) groups is 2. The lowest BCUT2D eigenvalue weighted by Crippen LogP contribution is -2.34. The largest absolute Gasteiger partial charge is 0.456 e. The Hall–Kier alpha value is -8.50. The summed E-state index contributed by atoms with van der Waals surface area (Å²) in [6, 6.07) is 55.1. The van der Waals surface area contributed by atoms with Gasteiger partial charge in [0.2, 0.25) is 0 Å². The number of unbranched alkanes of at least 4 members (excludes halogenated alkanes) is 4. The van der Waals surface area contributed by atoms with E-state index in [4.69, 9.17) is 18.9 Å². The van der Waals surface area contributed by atoms with E-state index in [1.807, 2.05) is 48.5 Å². The van der Waals surface area contributed by atoms with Crippen molar-refractivity contribution in [2.45, 2.75) is 137 Å². The van der Waals surface area contributed by atoms with Crippen molar-refractivity contribution in [1.29, 1.82) is 0 Å². The van der Waals surface area contributed by atoms with Crippen molar-refractivity contribution in [1.82, 2.24) is 0 Å². The SMILES string of the molecule is CCCCN(CCCC)c1ccc2c(c1)Oc1cc(C)c(N(CC)c3ccc(C(C)(C)c4ccc(N(CC)c5cc6c(cc5C)Oc5cc(N(CCCC)CCCC)ccc5C65OC(=O)c6ccccc65)cc4)cc3)cc1C21OC(=O)c2ccccc21. The highest BCUT2D eigenvalue weighted by molar-refractivity contribution is 5.98. The quantitative estimate of drug-likeness (QED) is 0.0612. The third-order valence-electron chi connectivity index (χ3n) is 18.9. The Labute approximate surface area is 515 Å². The minimum Gasteiger partial charge on any atom is -0.456 e. The second-order valence-corrected chi connectivity index (χ2v) is 24.7. The maximum absolute atomic E-state index is 14.0. The molecule has 4 heterocycles. The van der Waals surface area contributed by atoms with Gasteiger partial charge in [-0.25, -0.2) is 9.59 Å². The van der Waals surface area contributed by atoms with E-state index in [9.17, 15) is 9.59 Å². The fourth-order valence-electron chi connectivity index (χ4n) is 14.0. The molecule has 0 saturated carbocycles. The Morgan fingerprint density at radius 3 is 1.09 bits per heavy atom. The molecule has 2 unspecified atom stereocenters. The molecule has 0 amide bonds. The lowest BCUT2D eigenvalue weighted by Gasteiger charge is -2.38. The topological polar surface area (TPSA) is 84.0 Å². The smallest absolute Gasteiger partial charge is 0.340 e. The highest BCUT2D eigenvalue weighted by Gasteiger charge is 2.55. The molecule has 0 fully saturated rings. The van der Waals surface area contributed by atoms with E-state index >= 15 is 0 Å². The molecular formula is C77H84N4O6. The third kappa shape index (κ3) is 10.1. The lowest BCUT2D eigenvalue weighted by molar-refractivity contribution is 0.0214. The molecule has 0 aromatic heterocycles. The van der Waals surface area contributed by atoms with E-state index in [1.165, 1.54) is 11.1 Å². The van der Waals surface area contributed by atoms with E-state index in [1.54, 1.807) is 0 Å². The molecule has 0 radical (unpaired) electrons. The van der Waals surface area contributed by atoms with Crippen LogP contribution in [0.5, 0.6) is 23.0 Å². The number of aryl methyl sites for hydroxylation is 2. The first-order valence-corrected chi connectivity index (χ1v) is 32.1. The lowest BCUT2D eigenvalue weighted by atomic mass is 9.77. The van der Waals surface area contributed by atoms with Crippen LogP contribution in [0.1, 0.15) is 183 Å². The van der Waals surface area contributed by atoms with Gasteiger partial charge in [-0.05, 0) is 161 Å². The Kier molecular flexibility index (Phi) is 16.2. The number of nitrogens with zero attached hydrogens (tertiary/aromatic N) is 4. The van der Waals surface area contributed by atoms with E-state index in [-0.39, 0.29) is 17.4 Å². The van der Waals surface area contributed by atoms with Crippen LogP contribution < -0.4 is 29.1 Å². The van der Waals surface area contributed by atoms with Crippen molar-refractivity contribution < 1.29 is 28.5 Å². The standard InChI is InChI=1S/C77H84N4O6/c1-11-17-41-78(42-18-12-2)57-37-39-63-71(47-57)84-69-45-51(7)67(49-65(69)76(63)61-27-23-21-25-59(61)73(82)86-76)80(15-5)55-33-29-53(30-34-55)75(9,10)54-31-35-56(36-32-54)81(16-6)68-50-66-70(46-52(68)8)85-72-48-58(79(43-19-13-3)44-20-14-4)38-40-64(72)77(66)62-28-24-22-26-60(62)74(83)87-77/h21-40,45-50H,11-20,41-44H2,1-10H3. The summed E-state index contributed by atoms with van der Waals surface area (Å²) in [7, 11) is 0. The van der Waals surface area contributed by atoms with Gasteiger partial charge in [-0.15, -0.1) is 0 Å². The molecule has 8 aromatic rings.